The van der Waals surface area contributed by atoms with Crippen molar-refractivity contribution in [1.29, 1.82) is 0 Å². The molecule has 1 unspecified atom stereocenters. The number of aromatic amines is 2. The van der Waals surface area contributed by atoms with Crippen LogP contribution in [-0.2, 0) is 4.74 Å². The Morgan fingerprint density at radius 1 is 1.27 bits per heavy atom. The zero-order valence-corrected chi connectivity index (χ0v) is 11.2. The van der Waals surface area contributed by atoms with Gasteiger partial charge in [-0.25, -0.2) is 4.98 Å². The number of ether oxygens (including phenoxy) is 1. The summed E-state index contributed by atoms with van der Waals surface area (Å²) in [6.07, 6.45) is -5.40. The third kappa shape index (κ3) is 2.44. The number of aromatic nitrogens is 4. The number of hydrogen-bond acceptors (Lipinski definition) is 9. The van der Waals surface area contributed by atoms with E-state index in [2.05, 4.69) is 25.3 Å². The van der Waals surface area contributed by atoms with Gasteiger partial charge in [-0.3, -0.25) is 9.78 Å². The number of imidazole rings is 1. The number of hydrogen-bond donors (Lipinski definition) is 7. The van der Waals surface area contributed by atoms with Gasteiger partial charge < -0.3 is 35.5 Å². The summed E-state index contributed by atoms with van der Waals surface area (Å²) in [5.74, 6) is -0.0334. The highest BCUT2D eigenvalue weighted by Gasteiger charge is 2.43. The molecule has 1 fully saturated rings. The topological polar surface area (TPSA) is 177 Å². The van der Waals surface area contributed by atoms with Gasteiger partial charge in [-0.1, -0.05) is 0 Å². The van der Waals surface area contributed by atoms with Gasteiger partial charge in [0.1, 0.15) is 24.4 Å². The van der Waals surface area contributed by atoms with E-state index >= 15 is 0 Å². The largest absolute Gasteiger partial charge is 0.394 e. The molecule has 1 aliphatic heterocycles. The number of H-pyrrole nitrogens is 2. The number of fused-ring (bicyclic) bond motifs is 1. The Morgan fingerprint density at radius 3 is 2.77 bits per heavy atom. The molecule has 3 heterocycles. The van der Waals surface area contributed by atoms with Gasteiger partial charge in [0, 0.05) is 0 Å². The van der Waals surface area contributed by atoms with E-state index in [1.165, 1.54) is 6.33 Å². The molecule has 120 valence electrons. The summed E-state index contributed by atoms with van der Waals surface area (Å²) in [4.78, 5) is 24.7. The lowest BCUT2D eigenvalue weighted by Gasteiger charge is -2.40. The molecule has 7 N–H and O–H groups in total. The fourth-order valence-electron chi connectivity index (χ4n) is 2.27. The highest BCUT2D eigenvalue weighted by atomic mass is 16.6. The Morgan fingerprint density at radius 2 is 2.05 bits per heavy atom. The normalized spacial score (nSPS) is 32.3. The van der Waals surface area contributed by atoms with Gasteiger partial charge in [0.05, 0.1) is 12.9 Å². The van der Waals surface area contributed by atoms with Crippen molar-refractivity contribution in [1.82, 2.24) is 19.9 Å². The third-order valence-corrected chi connectivity index (χ3v) is 3.47. The number of rotatable bonds is 3. The molecule has 0 aliphatic carbocycles. The summed E-state index contributed by atoms with van der Waals surface area (Å²) in [7, 11) is 0. The second-order valence-electron chi connectivity index (χ2n) is 4.91. The standard InChI is InChI=1S/C11H15N5O6/c17-1-3-5(18)6(19)7(20)10(22-3)16-11-14-8-4(9(21)15-11)12-2-13-8/h2-3,5-7,10,17-20H,1H2,(H3,12,13,14,15,16,21)/t3-,5+,6+,7-,10?/m1/s1. The lowest BCUT2D eigenvalue weighted by molar-refractivity contribution is -0.221. The minimum Gasteiger partial charge on any atom is -0.394 e. The van der Waals surface area contributed by atoms with Crippen LogP contribution in [0, 0.1) is 0 Å². The molecule has 11 heteroatoms. The van der Waals surface area contributed by atoms with E-state index in [4.69, 9.17) is 9.84 Å². The minimum absolute atomic E-state index is 0.0334. The van der Waals surface area contributed by atoms with Crippen molar-refractivity contribution in [2.75, 3.05) is 11.9 Å². The van der Waals surface area contributed by atoms with Crippen molar-refractivity contribution in [3.05, 3.63) is 16.7 Å². The SMILES string of the molecule is O=c1[nH]c(NC2O[C@H](CO)[C@H](O)[C@H](O)[C@H]2O)nc2nc[nH]c12. The molecule has 0 amide bonds. The van der Waals surface area contributed by atoms with Gasteiger partial charge in [-0.05, 0) is 0 Å². The average molecular weight is 313 g/mol. The molecule has 1 aliphatic rings. The molecule has 3 rings (SSSR count). The quantitative estimate of drug-likeness (QED) is 0.308. The van der Waals surface area contributed by atoms with Crippen molar-refractivity contribution < 1.29 is 25.2 Å². The van der Waals surface area contributed by atoms with Crippen molar-refractivity contribution >= 4 is 17.1 Å². The zero-order chi connectivity index (χ0) is 15.9. The van der Waals surface area contributed by atoms with Gasteiger partial charge in [-0.2, -0.15) is 4.98 Å². The smallest absolute Gasteiger partial charge is 0.278 e. The van der Waals surface area contributed by atoms with E-state index in [0.717, 1.165) is 0 Å². The first-order valence-electron chi connectivity index (χ1n) is 6.51. The van der Waals surface area contributed by atoms with Crippen LogP contribution < -0.4 is 10.9 Å². The van der Waals surface area contributed by atoms with Gasteiger partial charge in [0.25, 0.3) is 5.56 Å². The Kier molecular flexibility index (Phi) is 3.80. The maximum atomic E-state index is 11.8. The van der Waals surface area contributed by atoms with Crippen LogP contribution in [-0.4, -0.2) is 77.6 Å². The molecule has 2 aromatic heterocycles. The van der Waals surface area contributed by atoms with Crippen LogP contribution in [0.15, 0.2) is 11.1 Å². The van der Waals surface area contributed by atoms with Crippen LogP contribution in [0.5, 0.6) is 0 Å². The highest BCUT2D eigenvalue weighted by molar-refractivity contribution is 5.69. The molecule has 5 atom stereocenters. The van der Waals surface area contributed by atoms with Crippen LogP contribution in [0.2, 0.25) is 0 Å². The maximum Gasteiger partial charge on any atom is 0.278 e. The van der Waals surface area contributed by atoms with E-state index in [1.807, 2.05) is 0 Å². The maximum absolute atomic E-state index is 11.8. The highest BCUT2D eigenvalue weighted by Crippen LogP contribution is 2.21. The number of anilines is 1. The lowest BCUT2D eigenvalue weighted by Crippen LogP contribution is -2.60. The summed E-state index contributed by atoms with van der Waals surface area (Å²) >= 11 is 0. The average Bonchev–Trinajstić information content (AvgIpc) is 2.97. The molecule has 1 saturated heterocycles. The molecule has 0 saturated carbocycles. The van der Waals surface area contributed by atoms with Crippen LogP contribution in [0.4, 0.5) is 5.95 Å². The molecule has 0 bridgehead atoms. The minimum atomic E-state index is -1.52. The third-order valence-electron chi connectivity index (χ3n) is 3.47. The van der Waals surface area contributed by atoms with Crippen molar-refractivity contribution in [3.8, 4) is 0 Å². The molecule has 11 nitrogen and oxygen atoms in total. The van der Waals surface area contributed by atoms with Crippen LogP contribution in [0.25, 0.3) is 11.2 Å². The lowest BCUT2D eigenvalue weighted by atomic mass is 9.98. The van der Waals surface area contributed by atoms with Crippen LogP contribution >= 0.6 is 0 Å². The molecular weight excluding hydrogens is 298 g/mol. The monoisotopic (exact) mass is 313 g/mol. The summed E-state index contributed by atoms with van der Waals surface area (Å²) < 4.78 is 5.26. The summed E-state index contributed by atoms with van der Waals surface area (Å²) in [5, 5.41) is 41.0. The first kappa shape index (κ1) is 14.9. The van der Waals surface area contributed by atoms with E-state index in [-0.39, 0.29) is 17.1 Å². The summed E-state index contributed by atoms with van der Waals surface area (Å²) in [5.41, 5.74) is -0.121. The number of aliphatic hydroxyl groups excluding tert-OH is 4. The zero-order valence-electron chi connectivity index (χ0n) is 11.2. The predicted molar refractivity (Wildman–Crippen MR) is 71.9 cm³/mol. The van der Waals surface area contributed by atoms with E-state index in [9.17, 15) is 20.1 Å². The number of aliphatic hydroxyl groups is 4. The van der Waals surface area contributed by atoms with E-state index in [0.29, 0.717) is 0 Å². The van der Waals surface area contributed by atoms with Crippen LogP contribution in [0.3, 0.4) is 0 Å². The van der Waals surface area contributed by atoms with Crippen molar-refractivity contribution in [2.45, 2.75) is 30.6 Å². The first-order valence-corrected chi connectivity index (χ1v) is 6.51. The summed E-state index contributed by atoms with van der Waals surface area (Å²) in [6, 6.07) is 0. The second kappa shape index (κ2) is 5.62. The van der Waals surface area contributed by atoms with Gasteiger partial charge in [0.15, 0.2) is 17.4 Å². The predicted octanol–water partition coefficient (Wildman–Crippen LogP) is -3.14. The fourth-order valence-corrected chi connectivity index (χ4v) is 2.27. The van der Waals surface area contributed by atoms with Gasteiger partial charge in [-0.15, -0.1) is 0 Å². The Bertz CT molecular complexity index is 714. The molecule has 0 radical (unpaired) electrons. The van der Waals surface area contributed by atoms with Gasteiger partial charge >= 0.3 is 0 Å². The Labute approximate surface area is 122 Å². The molecule has 0 aromatic carbocycles. The Hall–Kier alpha value is -2.05. The van der Waals surface area contributed by atoms with Crippen molar-refractivity contribution in [2.24, 2.45) is 0 Å². The van der Waals surface area contributed by atoms with Gasteiger partial charge in [0.2, 0.25) is 5.95 Å². The van der Waals surface area contributed by atoms with E-state index in [1.54, 1.807) is 0 Å². The number of nitrogens with zero attached hydrogens (tertiary/aromatic N) is 2. The molecular formula is C11H15N5O6. The van der Waals surface area contributed by atoms with Crippen LogP contribution in [0.1, 0.15) is 0 Å². The molecule has 22 heavy (non-hydrogen) atoms. The number of nitrogens with one attached hydrogen (secondary N) is 3. The molecule has 0 spiro atoms. The second-order valence-corrected chi connectivity index (χ2v) is 4.91. The first-order chi connectivity index (χ1) is 10.5. The Balaban J connectivity index is 1.85. The van der Waals surface area contributed by atoms with E-state index < -0.39 is 42.8 Å². The fraction of sp³-hybridized carbons (Fsp3) is 0.545. The molecule has 2 aromatic rings. The summed E-state index contributed by atoms with van der Waals surface area (Å²) in [6.45, 7) is -0.550. The van der Waals surface area contributed by atoms with Crippen molar-refractivity contribution in [3.63, 3.8) is 0 Å².